The number of aromatic amines is 6. The number of nitrogens with zero attached hydrogens (tertiary/aromatic N) is 4. The Morgan fingerprint density at radius 1 is 0.559 bits per heavy atom. The Morgan fingerprint density at radius 3 is 1.41 bits per heavy atom. The van der Waals surface area contributed by atoms with Crippen LogP contribution in [0.5, 0.6) is 0 Å². The quantitative estimate of drug-likeness (QED) is 0.0782. The van der Waals surface area contributed by atoms with Crippen LogP contribution in [-0.2, 0) is 17.1 Å². The van der Waals surface area contributed by atoms with Crippen LogP contribution in [0.3, 0.4) is 0 Å². The molecule has 10 nitrogen and oxygen atoms in total. The van der Waals surface area contributed by atoms with Crippen LogP contribution in [0.15, 0.2) is 58.5 Å². The summed E-state index contributed by atoms with van der Waals surface area (Å²) in [6.45, 7) is 0. The number of fused-ring (bicyclic) bond motifs is 6. The molecule has 2 aromatic carbocycles. The Kier molecular flexibility index (Phi) is 11.1. The summed E-state index contributed by atoms with van der Waals surface area (Å²) >= 11 is 10.6. The molecule has 0 atom stereocenters. The van der Waals surface area contributed by atoms with Crippen LogP contribution >= 0.6 is 24.4 Å². The first-order chi connectivity index (χ1) is 14.7. The second-order valence-electron chi connectivity index (χ2n) is 6.26. The van der Waals surface area contributed by atoms with Gasteiger partial charge in [-0.25, -0.2) is 9.98 Å². The van der Waals surface area contributed by atoms with Gasteiger partial charge in [-0.3, -0.25) is 30.6 Å². The molecule has 0 fully saturated rings. The molecule has 0 amide bonds. The van der Waals surface area contributed by atoms with E-state index in [2.05, 4.69) is 50.8 Å². The molecule has 0 saturated carbocycles. The number of hydrogen-bond donors (Lipinski definition) is 6. The second-order valence-corrected chi connectivity index (χ2v) is 7.07. The van der Waals surface area contributed by atoms with Gasteiger partial charge in [0.1, 0.15) is 11.4 Å². The standard InChI is InChI=1S/C18H14N10S2.3ClH.Fe/c29-17-25-21-13-9-5-1-3-7-11(9)19-15(13)23-27-18(30)28-24-16-14(22-26-17)10-6-2-4-8-12(10)20-16;;;;/h1-8H,(H,19,23)(H,20,24)(H2,25,26,29)(H2,27,28,30);3*1H;/q;;;;+3/p-3. The topological polar surface area (TPSA) is 145 Å². The molecule has 0 aliphatic carbocycles. The van der Waals surface area contributed by atoms with Crippen LogP contribution in [0.4, 0.5) is 11.4 Å². The summed E-state index contributed by atoms with van der Waals surface area (Å²) in [5.41, 5.74) is 5.40. The minimum absolute atomic E-state index is 0. The molecule has 2 aliphatic rings. The SMILES string of the molecule is S=c1[nH]nc2c([nH][nH]c(=S)[nH][nH]c3c(n[nH]1)-c1ccccc1N=3)=Nc1ccccc1-2.[Cl-].[Cl-].[Cl-].[Fe+3]. The van der Waals surface area contributed by atoms with Gasteiger partial charge < -0.3 is 37.2 Å². The molecule has 0 unspecified atom stereocenters. The number of aromatic nitrogens is 8. The van der Waals surface area contributed by atoms with Crippen molar-refractivity contribution in [1.82, 2.24) is 40.8 Å². The molecule has 1 aromatic heterocycles. The third-order valence-corrected chi connectivity index (χ3v) is 4.75. The first-order valence-electron chi connectivity index (χ1n) is 8.85. The summed E-state index contributed by atoms with van der Waals surface area (Å²) in [5.74, 6) is 0. The normalized spacial score (nSPS) is 10.1. The zero-order valence-corrected chi connectivity index (χ0v) is 21.7. The summed E-state index contributed by atoms with van der Waals surface area (Å²) in [7, 11) is 0. The third kappa shape index (κ3) is 5.94. The van der Waals surface area contributed by atoms with E-state index in [1.165, 1.54) is 0 Å². The van der Waals surface area contributed by atoms with Crippen molar-refractivity contribution >= 4 is 35.8 Å². The maximum Gasteiger partial charge on any atom is 3.00 e. The van der Waals surface area contributed by atoms with E-state index in [9.17, 15) is 0 Å². The zero-order chi connectivity index (χ0) is 20.5. The molecule has 2 aliphatic heterocycles. The molecular formula is C18H14Cl3FeN10S2. The summed E-state index contributed by atoms with van der Waals surface area (Å²) in [4.78, 5) is 9.07. The number of rotatable bonds is 0. The number of H-pyrrole nitrogens is 6. The number of para-hydroxylation sites is 2. The van der Waals surface area contributed by atoms with E-state index in [4.69, 9.17) is 24.4 Å². The first kappa shape index (κ1) is 29.5. The molecule has 16 heteroatoms. The van der Waals surface area contributed by atoms with Crippen molar-refractivity contribution in [3.05, 3.63) is 69.0 Å². The van der Waals surface area contributed by atoms with Gasteiger partial charge in [0.2, 0.25) is 9.54 Å². The fourth-order valence-electron chi connectivity index (χ4n) is 3.05. The maximum absolute atomic E-state index is 5.32. The largest absolute Gasteiger partial charge is 3.00 e. The van der Waals surface area contributed by atoms with E-state index < -0.39 is 0 Å². The van der Waals surface area contributed by atoms with Crippen LogP contribution in [-0.4, -0.2) is 40.8 Å². The molecular weight excluding hydrogens is 583 g/mol. The average Bonchev–Trinajstić information content (AvgIpc) is 3.30. The van der Waals surface area contributed by atoms with Gasteiger partial charge in [-0.2, -0.15) is 10.2 Å². The third-order valence-electron chi connectivity index (χ3n) is 4.36. The van der Waals surface area contributed by atoms with Gasteiger partial charge in [-0.05, 0) is 36.6 Å². The van der Waals surface area contributed by atoms with Crippen LogP contribution in [0, 0.1) is 9.54 Å². The smallest absolute Gasteiger partial charge is 1.00 e. The average molecular weight is 597 g/mol. The van der Waals surface area contributed by atoms with Crippen molar-refractivity contribution in [1.29, 1.82) is 0 Å². The zero-order valence-electron chi connectivity index (χ0n) is 16.7. The Bertz CT molecular complexity index is 1470. The molecule has 0 bridgehead atoms. The molecule has 177 valence electrons. The minimum atomic E-state index is 0. The number of hydrogen-bond acceptors (Lipinski definition) is 6. The summed E-state index contributed by atoms with van der Waals surface area (Å²) in [5, 5.41) is 26.1. The Labute approximate surface area is 231 Å². The van der Waals surface area contributed by atoms with Crippen LogP contribution in [0.2, 0.25) is 0 Å². The van der Waals surface area contributed by atoms with Gasteiger partial charge in [0.05, 0.1) is 11.4 Å². The predicted octanol–water partition coefficient (Wildman–Crippen LogP) is -5.85. The fraction of sp³-hybridized carbons (Fsp3) is 0. The fourth-order valence-corrected chi connectivity index (χ4v) is 3.24. The molecule has 1 radical (unpaired) electrons. The van der Waals surface area contributed by atoms with Crippen LogP contribution < -0.4 is 48.2 Å². The van der Waals surface area contributed by atoms with E-state index in [0.29, 0.717) is 22.4 Å². The van der Waals surface area contributed by atoms with E-state index in [1.807, 2.05) is 48.5 Å². The van der Waals surface area contributed by atoms with Gasteiger partial charge in [-0.1, -0.05) is 36.4 Å². The van der Waals surface area contributed by atoms with Crippen LogP contribution in [0.25, 0.3) is 22.5 Å². The molecule has 34 heavy (non-hydrogen) atoms. The summed E-state index contributed by atoms with van der Waals surface area (Å²) in [6, 6.07) is 15.3. The molecule has 0 spiro atoms. The molecule has 0 saturated heterocycles. The number of nitrogens with one attached hydrogen (secondary N) is 6. The summed E-state index contributed by atoms with van der Waals surface area (Å²) in [6.07, 6.45) is 0. The van der Waals surface area contributed by atoms with E-state index in [-0.39, 0.29) is 63.8 Å². The molecule has 6 N–H and O–H groups in total. The predicted molar refractivity (Wildman–Crippen MR) is 115 cm³/mol. The van der Waals surface area contributed by atoms with Crippen molar-refractivity contribution < 1.29 is 54.3 Å². The minimum Gasteiger partial charge on any atom is -1.00 e. The Hall–Kier alpha value is -2.51. The Balaban J connectivity index is 0.00000144. The first-order valence-corrected chi connectivity index (χ1v) is 9.67. The van der Waals surface area contributed by atoms with Crippen molar-refractivity contribution in [2.75, 3.05) is 0 Å². The number of halogens is 3. The molecule has 3 heterocycles. The van der Waals surface area contributed by atoms with Gasteiger partial charge >= 0.3 is 17.1 Å². The second kappa shape index (κ2) is 12.8. The van der Waals surface area contributed by atoms with Gasteiger partial charge in [0.25, 0.3) is 0 Å². The van der Waals surface area contributed by atoms with Crippen molar-refractivity contribution in [2.24, 2.45) is 9.98 Å². The monoisotopic (exact) mass is 595 g/mol. The van der Waals surface area contributed by atoms with Gasteiger partial charge in [0, 0.05) is 11.1 Å². The van der Waals surface area contributed by atoms with E-state index in [1.54, 1.807) is 0 Å². The van der Waals surface area contributed by atoms with E-state index in [0.717, 1.165) is 22.5 Å². The van der Waals surface area contributed by atoms with Gasteiger partial charge in [-0.15, -0.1) is 0 Å². The van der Waals surface area contributed by atoms with Gasteiger partial charge in [0.15, 0.2) is 11.0 Å². The molecule has 5 rings (SSSR count). The van der Waals surface area contributed by atoms with E-state index >= 15 is 0 Å². The van der Waals surface area contributed by atoms with Crippen molar-refractivity contribution in [3.63, 3.8) is 0 Å². The Morgan fingerprint density at radius 2 is 0.971 bits per heavy atom. The van der Waals surface area contributed by atoms with Crippen LogP contribution in [0.1, 0.15) is 0 Å². The van der Waals surface area contributed by atoms with Crippen molar-refractivity contribution in [3.8, 4) is 22.5 Å². The van der Waals surface area contributed by atoms with Crippen molar-refractivity contribution in [2.45, 2.75) is 0 Å². The maximum atomic E-state index is 5.32. The molecule has 3 aromatic rings. The number of benzene rings is 2. The summed E-state index contributed by atoms with van der Waals surface area (Å²) < 4.78 is 0.496.